The Morgan fingerprint density at radius 1 is 1.53 bits per heavy atom. The number of hydrogen-bond donors (Lipinski definition) is 3. The van der Waals surface area contributed by atoms with E-state index in [2.05, 4.69) is 26.2 Å². The first kappa shape index (κ1) is 14.1. The fourth-order valence-electron chi connectivity index (χ4n) is 2.01. The maximum Gasteiger partial charge on any atom is 0.267 e. The number of nitrogens with one attached hydrogen (secondary N) is 2. The number of hydrogen-bond acceptors (Lipinski definition) is 2. The SMILES string of the molecule is CC(CCCO)NC(=O)c1cc2c(Br)cccc2[nH]1. The second kappa shape index (κ2) is 6.21. The van der Waals surface area contributed by atoms with E-state index in [9.17, 15) is 4.79 Å². The van der Waals surface area contributed by atoms with E-state index in [1.807, 2.05) is 31.2 Å². The van der Waals surface area contributed by atoms with Gasteiger partial charge < -0.3 is 15.4 Å². The highest BCUT2D eigenvalue weighted by Crippen LogP contribution is 2.24. The average molecular weight is 325 g/mol. The Hall–Kier alpha value is -1.33. The molecule has 0 saturated carbocycles. The van der Waals surface area contributed by atoms with Gasteiger partial charge in [0.1, 0.15) is 5.69 Å². The number of rotatable bonds is 5. The summed E-state index contributed by atoms with van der Waals surface area (Å²) in [4.78, 5) is 15.2. The van der Waals surface area contributed by atoms with Gasteiger partial charge in [0.05, 0.1) is 0 Å². The molecule has 1 aromatic heterocycles. The highest BCUT2D eigenvalue weighted by molar-refractivity contribution is 9.10. The summed E-state index contributed by atoms with van der Waals surface area (Å²) >= 11 is 3.46. The summed E-state index contributed by atoms with van der Waals surface area (Å²) in [6, 6.07) is 7.70. The highest BCUT2D eigenvalue weighted by atomic mass is 79.9. The van der Waals surface area contributed by atoms with Crippen molar-refractivity contribution in [2.24, 2.45) is 0 Å². The molecule has 3 N–H and O–H groups in total. The third-order valence-corrected chi connectivity index (χ3v) is 3.72. The number of aliphatic hydroxyl groups excluding tert-OH is 1. The summed E-state index contributed by atoms with van der Waals surface area (Å²) in [5.41, 5.74) is 1.49. The molecule has 1 heterocycles. The van der Waals surface area contributed by atoms with Crippen LogP contribution < -0.4 is 5.32 Å². The summed E-state index contributed by atoms with van der Waals surface area (Å²) in [7, 11) is 0. The van der Waals surface area contributed by atoms with Gasteiger partial charge in [-0.1, -0.05) is 22.0 Å². The van der Waals surface area contributed by atoms with Crippen molar-refractivity contribution in [1.82, 2.24) is 10.3 Å². The molecule has 0 saturated heterocycles. The minimum absolute atomic E-state index is 0.0505. The van der Waals surface area contributed by atoms with Gasteiger partial charge in [0.2, 0.25) is 0 Å². The predicted octanol–water partition coefficient (Wildman–Crippen LogP) is 2.82. The summed E-state index contributed by atoms with van der Waals surface area (Å²) in [6.07, 6.45) is 1.46. The fraction of sp³-hybridized carbons (Fsp3) is 0.357. The number of carbonyl (C=O) groups excluding carboxylic acids is 1. The van der Waals surface area contributed by atoms with E-state index < -0.39 is 0 Å². The second-order valence-corrected chi connectivity index (χ2v) is 5.48. The first-order valence-corrected chi connectivity index (χ1v) is 7.10. The molecule has 1 unspecified atom stereocenters. The lowest BCUT2D eigenvalue weighted by Gasteiger charge is -2.12. The smallest absolute Gasteiger partial charge is 0.267 e. The molecule has 1 amide bonds. The lowest BCUT2D eigenvalue weighted by molar-refractivity contribution is 0.0932. The topological polar surface area (TPSA) is 65.1 Å². The van der Waals surface area contributed by atoms with Crippen LogP contribution in [0.5, 0.6) is 0 Å². The van der Waals surface area contributed by atoms with E-state index in [0.29, 0.717) is 12.1 Å². The van der Waals surface area contributed by atoms with Gasteiger partial charge in [-0.25, -0.2) is 0 Å². The minimum atomic E-state index is -0.117. The number of halogens is 1. The van der Waals surface area contributed by atoms with Gasteiger partial charge in [-0.05, 0) is 38.0 Å². The van der Waals surface area contributed by atoms with Crippen molar-refractivity contribution in [2.45, 2.75) is 25.8 Å². The lowest BCUT2D eigenvalue weighted by atomic mass is 10.2. The summed E-state index contributed by atoms with van der Waals surface area (Å²) < 4.78 is 0.966. The molecule has 5 heteroatoms. The largest absolute Gasteiger partial charge is 0.396 e. The summed E-state index contributed by atoms with van der Waals surface area (Å²) in [6.45, 7) is 2.09. The number of benzene rings is 1. The van der Waals surface area contributed by atoms with Crippen molar-refractivity contribution < 1.29 is 9.90 Å². The average Bonchev–Trinajstić information content (AvgIpc) is 2.82. The monoisotopic (exact) mass is 324 g/mol. The molecule has 102 valence electrons. The van der Waals surface area contributed by atoms with Crippen molar-refractivity contribution in [3.05, 3.63) is 34.4 Å². The Balaban J connectivity index is 2.11. The first-order chi connectivity index (χ1) is 9.11. The second-order valence-electron chi connectivity index (χ2n) is 4.62. The molecule has 0 fully saturated rings. The molecule has 2 aromatic rings. The van der Waals surface area contributed by atoms with E-state index >= 15 is 0 Å². The van der Waals surface area contributed by atoms with Gasteiger partial charge in [0.25, 0.3) is 5.91 Å². The number of aromatic amines is 1. The van der Waals surface area contributed by atoms with Crippen LogP contribution in [0, 0.1) is 0 Å². The van der Waals surface area contributed by atoms with Crippen molar-refractivity contribution in [3.8, 4) is 0 Å². The van der Waals surface area contributed by atoms with Crippen molar-refractivity contribution >= 4 is 32.7 Å². The molecule has 4 nitrogen and oxygen atoms in total. The van der Waals surface area contributed by atoms with Crippen LogP contribution in [0.3, 0.4) is 0 Å². The van der Waals surface area contributed by atoms with Crippen LogP contribution >= 0.6 is 15.9 Å². The van der Waals surface area contributed by atoms with Crippen molar-refractivity contribution in [3.63, 3.8) is 0 Å². The van der Waals surface area contributed by atoms with Gasteiger partial charge in [-0.15, -0.1) is 0 Å². The van der Waals surface area contributed by atoms with Crippen molar-refractivity contribution in [2.75, 3.05) is 6.61 Å². The maximum absolute atomic E-state index is 12.1. The number of H-pyrrole nitrogens is 1. The van der Waals surface area contributed by atoms with Crippen LogP contribution in [-0.4, -0.2) is 28.6 Å². The number of aromatic nitrogens is 1. The van der Waals surface area contributed by atoms with Crippen LogP contribution in [0.15, 0.2) is 28.7 Å². The Morgan fingerprint density at radius 2 is 2.32 bits per heavy atom. The molecule has 0 aliphatic carbocycles. The summed E-state index contributed by atoms with van der Waals surface area (Å²) in [5.74, 6) is -0.117. The molecule has 1 aromatic carbocycles. The van der Waals surface area contributed by atoms with E-state index in [-0.39, 0.29) is 18.6 Å². The zero-order valence-electron chi connectivity index (χ0n) is 10.7. The first-order valence-electron chi connectivity index (χ1n) is 6.30. The number of fused-ring (bicyclic) bond motifs is 1. The van der Waals surface area contributed by atoms with Gasteiger partial charge in [0, 0.05) is 28.0 Å². The highest BCUT2D eigenvalue weighted by Gasteiger charge is 2.13. The summed E-state index contributed by atoms with van der Waals surface area (Å²) in [5, 5.41) is 12.7. The third kappa shape index (κ3) is 3.36. The van der Waals surface area contributed by atoms with Gasteiger partial charge in [-0.2, -0.15) is 0 Å². The van der Waals surface area contributed by atoms with Gasteiger partial charge >= 0.3 is 0 Å². The van der Waals surface area contributed by atoms with Crippen LogP contribution in [-0.2, 0) is 0 Å². The third-order valence-electron chi connectivity index (χ3n) is 3.03. The zero-order chi connectivity index (χ0) is 13.8. The van der Waals surface area contributed by atoms with Crippen LogP contribution in [0.1, 0.15) is 30.3 Å². The minimum Gasteiger partial charge on any atom is -0.396 e. The van der Waals surface area contributed by atoms with Crippen LogP contribution in [0.2, 0.25) is 0 Å². The molecule has 0 bridgehead atoms. The van der Waals surface area contributed by atoms with Gasteiger partial charge in [-0.3, -0.25) is 4.79 Å². The Morgan fingerprint density at radius 3 is 3.00 bits per heavy atom. The van der Waals surface area contributed by atoms with Crippen LogP contribution in [0.4, 0.5) is 0 Å². The van der Waals surface area contributed by atoms with E-state index in [0.717, 1.165) is 21.8 Å². The molecule has 0 radical (unpaired) electrons. The molecule has 0 spiro atoms. The predicted molar refractivity (Wildman–Crippen MR) is 79.2 cm³/mol. The quantitative estimate of drug-likeness (QED) is 0.791. The molecule has 2 rings (SSSR count). The number of amides is 1. The van der Waals surface area contributed by atoms with Crippen molar-refractivity contribution in [1.29, 1.82) is 0 Å². The van der Waals surface area contributed by atoms with Crippen LogP contribution in [0.25, 0.3) is 10.9 Å². The van der Waals surface area contributed by atoms with Gasteiger partial charge in [0.15, 0.2) is 0 Å². The molecule has 19 heavy (non-hydrogen) atoms. The Bertz CT molecular complexity index is 580. The normalized spacial score (nSPS) is 12.6. The molecule has 0 aliphatic rings. The molecular formula is C14H17BrN2O2. The molecule has 0 aliphatic heterocycles. The zero-order valence-corrected chi connectivity index (χ0v) is 12.3. The van der Waals surface area contributed by atoms with E-state index in [1.54, 1.807) is 0 Å². The van der Waals surface area contributed by atoms with E-state index in [1.165, 1.54) is 0 Å². The molecular weight excluding hydrogens is 308 g/mol. The Labute approximate surface area is 120 Å². The number of carbonyl (C=O) groups is 1. The molecule has 1 atom stereocenters. The standard InChI is InChI=1S/C14H17BrN2O2/c1-9(4-3-7-18)16-14(19)13-8-10-11(15)5-2-6-12(10)17-13/h2,5-6,8-9,17-18H,3-4,7H2,1H3,(H,16,19). The lowest BCUT2D eigenvalue weighted by Crippen LogP contribution is -2.32. The Kier molecular flexibility index (Phi) is 4.61. The number of aliphatic hydroxyl groups is 1. The van der Waals surface area contributed by atoms with E-state index in [4.69, 9.17) is 5.11 Å². The maximum atomic E-state index is 12.1. The fourth-order valence-corrected chi connectivity index (χ4v) is 2.49.